The van der Waals surface area contributed by atoms with E-state index in [0.29, 0.717) is 25.2 Å². The molecule has 18 heteroatoms. The number of nitrogens with two attached hydrogens (primary N) is 1. The zero-order chi connectivity index (χ0) is 40.3. The van der Waals surface area contributed by atoms with Crippen molar-refractivity contribution in [3.8, 4) is 0 Å². The standard InChI is InChI=1S/C38H54N8O9S/c1-37(2,52)31-23-40-43-46(31)27-22-30(35(50)42-38(32(47)33(39)48)15-19-55-20-16-38)45(24-27)36(51)29(21-25-9-5-3-6-10-25)41-34(49)26-11-13-28(14-12-26)56(53,54)44-17-7-4-8-18-44/h11-14,23,25,27,29-30,52H,3-10,15-22,24H2,1-2H3,(H2,39,48)(H,41,49)(H,42,50)/t27?,29-,30?/m1/s1. The molecule has 4 fully saturated rings. The lowest BCUT2D eigenvalue weighted by Gasteiger charge is -2.37. The number of nitrogens with one attached hydrogen (secondary N) is 2. The van der Waals surface area contributed by atoms with Crippen molar-refractivity contribution in [3.05, 3.63) is 41.7 Å². The minimum Gasteiger partial charge on any atom is -0.384 e. The number of ether oxygens (including phenoxy) is 1. The molecule has 17 nitrogen and oxygen atoms in total. The van der Waals surface area contributed by atoms with Gasteiger partial charge in [-0.25, -0.2) is 13.1 Å². The predicted molar refractivity (Wildman–Crippen MR) is 201 cm³/mol. The molecule has 0 radical (unpaired) electrons. The molecule has 1 saturated carbocycles. The highest BCUT2D eigenvalue weighted by molar-refractivity contribution is 7.89. The number of Topliss-reactive ketones (excluding diaryl/α,β-unsaturated/α-hetero) is 1. The number of benzene rings is 1. The van der Waals surface area contributed by atoms with E-state index in [-0.39, 0.29) is 55.4 Å². The Morgan fingerprint density at radius 2 is 1.64 bits per heavy atom. The zero-order valence-corrected chi connectivity index (χ0v) is 33.0. The normalized spacial score (nSPS) is 22.9. The zero-order valence-electron chi connectivity index (χ0n) is 32.2. The molecule has 2 unspecified atom stereocenters. The third-order valence-electron chi connectivity index (χ3n) is 11.7. The van der Waals surface area contributed by atoms with E-state index in [9.17, 15) is 37.5 Å². The summed E-state index contributed by atoms with van der Waals surface area (Å²) < 4.78 is 34.9. The van der Waals surface area contributed by atoms with Crippen molar-refractivity contribution in [3.63, 3.8) is 0 Å². The van der Waals surface area contributed by atoms with Gasteiger partial charge in [-0.2, -0.15) is 4.31 Å². The summed E-state index contributed by atoms with van der Waals surface area (Å²) in [4.78, 5) is 69.9. The van der Waals surface area contributed by atoms with Crippen molar-refractivity contribution in [2.45, 2.75) is 125 Å². The number of carbonyl (C=O) groups is 5. The number of rotatable bonds is 13. The number of amides is 4. The van der Waals surface area contributed by atoms with E-state index in [1.807, 2.05) is 0 Å². The molecule has 3 aliphatic heterocycles. The summed E-state index contributed by atoms with van der Waals surface area (Å²) in [6.07, 6.45) is 9.08. The maximum Gasteiger partial charge on any atom is 0.287 e. The molecule has 6 rings (SSSR count). The molecule has 0 bridgehead atoms. The number of aromatic nitrogens is 3. The average Bonchev–Trinajstić information content (AvgIpc) is 3.87. The Bertz CT molecular complexity index is 1880. The first-order valence-electron chi connectivity index (χ1n) is 19.7. The molecule has 3 saturated heterocycles. The molecule has 4 heterocycles. The van der Waals surface area contributed by atoms with Crippen LogP contribution in [0.25, 0.3) is 0 Å². The molecule has 5 N–H and O–H groups in total. The topological polar surface area (TPSA) is 236 Å². The minimum absolute atomic E-state index is 0.00895. The number of hydrogen-bond donors (Lipinski definition) is 4. The summed E-state index contributed by atoms with van der Waals surface area (Å²) in [5.74, 6) is -3.82. The first-order valence-corrected chi connectivity index (χ1v) is 21.1. The highest BCUT2D eigenvalue weighted by Gasteiger charge is 2.49. The van der Waals surface area contributed by atoms with E-state index in [0.717, 1.165) is 51.4 Å². The fourth-order valence-corrected chi connectivity index (χ4v) is 10.1. The molecule has 1 aromatic heterocycles. The summed E-state index contributed by atoms with van der Waals surface area (Å²) in [6.45, 7) is 4.19. The van der Waals surface area contributed by atoms with Crippen LogP contribution < -0.4 is 16.4 Å². The fourth-order valence-electron chi connectivity index (χ4n) is 8.57. The summed E-state index contributed by atoms with van der Waals surface area (Å²) >= 11 is 0. The van der Waals surface area contributed by atoms with E-state index in [2.05, 4.69) is 20.9 Å². The van der Waals surface area contributed by atoms with E-state index in [1.54, 1.807) is 13.8 Å². The smallest absolute Gasteiger partial charge is 0.287 e. The second-order valence-electron chi connectivity index (χ2n) is 16.2. The highest BCUT2D eigenvalue weighted by Crippen LogP contribution is 2.34. The van der Waals surface area contributed by atoms with Crippen molar-refractivity contribution in [1.29, 1.82) is 0 Å². The largest absolute Gasteiger partial charge is 0.384 e. The molecule has 306 valence electrons. The SMILES string of the molecule is CC(C)(O)c1cnnn1C1CC(C(=O)NC2(C(=O)C(N)=O)CCOCC2)N(C(=O)[C@@H](CC2CCCCC2)NC(=O)c2ccc(S(=O)(=O)N3CCCCC3)cc2)C1. The highest BCUT2D eigenvalue weighted by atomic mass is 32.2. The number of piperidine rings is 1. The van der Waals surface area contributed by atoms with Crippen molar-refractivity contribution in [1.82, 2.24) is 34.8 Å². The number of nitrogens with zero attached hydrogens (tertiary/aromatic N) is 5. The number of aliphatic hydroxyl groups is 1. The lowest BCUT2D eigenvalue weighted by Crippen LogP contribution is -2.64. The van der Waals surface area contributed by atoms with E-state index >= 15 is 0 Å². The number of ketones is 1. The Hall–Kier alpha value is -4.26. The molecule has 2 aromatic rings. The quantitative estimate of drug-likeness (QED) is 0.211. The van der Waals surface area contributed by atoms with Crippen LogP contribution in [0.2, 0.25) is 0 Å². The van der Waals surface area contributed by atoms with Crippen LogP contribution in [0.5, 0.6) is 0 Å². The van der Waals surface area contributed by atoms with Gasteiger partial charge in [0, 0.05) is 57.7 Å². The molecule has 4 amide bonds. The molecule has 0 spiro atoms. The predicted octanol–water partition coefficient (Wildman–Crippen LogP) is 1.31. The second-order valence-corrected chi connectivity index (χ2v) is 18.1. The van der Waals surface area contributed by atoms with Gasteiger partial charge in [0.1, 0.15) is 23.2 Å². The van der Waals surface area contributed by atoms with Crippen LogP contribution in [0.15, 0.2) is 35.4 Å². The fraction of sp³-hybridized carbons (Fsp3) is 0.658. The lowest BCUT2D eigenvalue weighted by atomic mass is 9.84. The summed E-state index contributed by atoms with van der Waals surface area (Å²) in [5, 5.41) is 24.8. The van der Waals surface area contributed by atoms with Crippen LogP contribution in [-0.4, -0.2) is 118 Å². The molecule has 56 heavy (non-hydrogen) atoms. The van der Waals surface area contributed by atoms with E-state index < -0.39 is 68.7 Å². The van der Waals surface area contributed by atoms with Gasteiger partial charge in [0.2, 0.25) is 27.6 Å². The second kappa shape index (κ2) is 17.1. The van der Waals surface area contributed by atoms with Gasteiger partial charge < -0.3 is 31.1 Å². The summed E-state index contributed by atoms with van der Waals surface area (Å²) in [7, 11) is -3.73. The summed E-state index contributed by atoms with van der Waals surface area (Å²) in [5.41, 5.74) is 2.97. The van der Waals surface area contributed by atoms with Crippen molar-refractivity contribution < 1.29 is 42.2 Å². The van der Waals surface area contributed by atoms with Gasteiger partial charge in [-0.3, -0.25) is 24.0 Å². The summed E-state index contributed by atoms with van der Waals surface area (Å²) in [6, 6.07) is 2.81. The Kier molecular flexibility index (Phi) is 12.6. The number of primary amides is 1. The van der Waals surface area contributed by atoms with Crippen LogP contribution in [0, 0.1) is 5.92 Å². The van der Waals surface area contributed by atoms with Gasteiger partial charge in [0.15, 0.2) is 0 Å². The van der Waals surface area contributed by atoms with Crippen molar-refractivity contribution in [2.75, 3.05) is 32.8 Å². The third kappa shape index (κ3) is 8.98. The molecule has 1 aromatic carbocycles. The molecular formula is C38H54N8O9S. The lowest BCUT2D eigenvalue weighted by molar-refractivity contribution is -0.147. The minimum atomic E-state index is -3.73. The Labute approximate surface area is 327 Å². The van der Waals surface area contributed by atoms with Crippen LogP contribution >= 0.6 is 0 Å². The van der Waals surface area contributed by atoms with Crippen LogP contribution in [0.1, 0.15) is 113 Å². The first kappa shape index (κ1) is 41.4. The van der Waals surface area contributed by atoms with Gasteiger partial charge in [-0.1, -0.05) is 43.7 Å². The van der Waals surface area contributed by atoms with E-state index in [4.69, 9.17) is 10.5 Å². The van der Waals surface area contributed by atoms with Crippen LogP contribution in [0.4, 0.5) is 0 Å². The van der Waals surface area contributed by atoms with Gasteiger partial charge in [-0.15, -0.1) is 5.10 Å². The molecule has 1 aliphatic carbocycles. The third-order valence-corrected chi connectivity index (χ3v) is 13.7. The molecular weight excluding hydrogens is 745 g/mol. The van der Waals surface area contributed by atoms with Crippen molar-refractivity contribution >= 4 is 39.4 Å². The average molecular weight is 799 g/mol. The van der Waals surface area contributed by atoms with Crippen molar-refractivity contribution in [2.24, 2.45) is 11.7 Å². The number of likely N-dealkylation sites (tertiary alicyclic amines) is 1. The van der Waals surface area contributed by atoms with Gasteiger partial charge in [-0.05, 0) is 63.3 Å². The van der Waals surface area contributed by atoms with Crippen LogP contribution in [-0.2, 0) is 39.5 Å². The van der Waals surface area contributed by atoms with Gasteiger partial charge >= 0.3 is 0 Å². The van der Waals surface area contributed by atoms with E-state index in [1.165, 1.54) is 44.3 Å². The number of sulfonamides is 1. The van der Waals surface area contributed by atoms with Crippen LogP contribution in [0.3, 0.4) is 0 Å². The monoisotopic (exact) mass is 798 g/mol. The maximum atomic E-state index is 14.9. The number of carbonyl (C=O) groups excluding carboxylic acids is 5. The first-order chi connectivity index (χ1) is 26.6. The Morgan fingerprint density at radius 1 is 1.00 bits per heavy atom. The Morgan fingerprint density at radius 3 is 2.27 bits per heavy atom. The van der Waals surface area contributed by atoms with Gasteiger partial charge in [0.25, 0.3) is 11.8 Å². The van der Waals surface area contributed by atoms with Gasteiger partial charge in [0.05, 0.1) is 22.8 Å². The maximum absolute atomic E-state index is 14.9. The molecule has 3 atom stereocenters. The number of hydrogen-bond acceptors (Lipinski definition) is 11. The molecule has 4 aliphatic rings. The Balaban J connectivity index is 1.29.